The van der Waals surface area contributed by atoms with Crippen molar-refractivity contribution in [2.45, 2.75) is 36.6 Å². The zero-order chi connectivity index (χ0) is 24.0. The van der Waals surface area contributed by atoms with Crippen molar-refractivity contribution in [1.29, 1.82) is 0 Å². The number of carbonyl (C=O) groups is 1. The monoisotopic (exact) mass is 477 g/mol. The Morgan fingerprint density at radius 3 is 2.30 bits per heavy atom. The Morgan fingerprint density at radius 2 is 1.73 bits per heavy atom. The maximum Gasteiger partial charge on any atom is 0.251 e. The molecule has 0 aliphatic carbocycles. The minimum absolute atomic E-state index is 0.00208. The first-order valence-electron chi connectivity index (χ1n) is 11.1. The van der Waals surface area contributed by atoms with Crippen molar-refractivity contribution >= 4 is 15.9 Å². The number of benzene rings is 2. The van der Waals surface area contributed by atoms with E-state index >= 15 is 0 Å². The molecule has 0 radical (unpaired) electrons. The van der Waals surface area contributed by atoms with E-state index in [2.05, 4.69) is 5.32 Å². The lowest BCUT2D eigenvalue weighted by Crippen LogP contribution is -2.35. The van der Waals surface area contributed by atoms with Crippen molar-refractivity contribution in [3.05, 3.63) is 59.4 Å². The Labute approximate surface area is 195 Å². The topological polar surface area (TPSA) is 79.0 Å². The lowest BCUT2D eigenvalue weighted by Gasteiger charge is -2.25. The van der Waals surface area contributed by atoms with Gasteiger partial charge in [0.25, 0.3) is 5.91 Å². The SMILES string of the molecule is COc1ccc(C(=O)NCC(c2ccc(F)cc2)N(C)C)cc1S(=O)(=O)N1CCCCCC1. The van der Waals surface area contributed by atoms with Crippen molar-refractivity contribution in [3.63, 3.8) is 0 Å². The van der Waals surface area contributed by atoms with E-state index in [1.807, 2.05) is 19.0 Å². The first-order valence-corrected chi connectivity index (χ1v) is 12.6. The number of sulfonamides is 1. The van der Waals surface area contributed by atoms with Crippen LogP contribution < -0.4 is 10.1 Å². The Kier molecular flexibility index (Phi) is 8.45. The van der Waals surface area contributed by atoms with Gasteiger partial charge in [-0.25, -0.2) is 12.8 Å². The Bertz CT molecular complexity index is 1050. The second kappa shape index (κ2) is 11.1. The van der Waals surface area contributed by atoms with Crippen LogP contribution in [0.2, 0.25) is 0 Å². The third-order valence-electron chi connectivity index (χ3n) is 5.94. The largest absolute Gasteiger partial charge is 0.495 e. The highest BCUT2D eigenvalue weighted by molar-refractivity contribution is 7.89. The summed E-state index contributed by atoms with van der Waals surface area (Å²) in [6, 6.07) is 10.4. The maximum absolute atomic E-state index is 13.3. The van der Waals surface area contributed by atoms with Crippen molar-refractivity contribution in [2.75, 3.05) is 40.8 Å². The smallest absolute Gasteiger partial charge is 0.251 e. The molecule has 1 N–H and O–H groups in total. The molecule has 1 amide bonds. The van der Waals surface area contributed by atoms with E-state index in [4.69, 9.17) is 4.74 Å². The summed E-state index contributed by atoms with van der Waals surface area (Å²) >= 11 is 0. The number of nitrogens with zero attached hydrogens (tertiary/aromatic N) is 2. The number of halogens is 1. The highest BCUT2D eigenvalue weighted by Gasteiger charge is 2.29. The molecule has 1 fully saturated rings. The molecule has 33 heavy (non-hydrogen) atoms. The van der Waals surface area contributed by atoms with E-state index in [-0.39, 0.29) is 40.5 Å². The zero-order valence-electron chi connectivity index (χ0n) is 19.4. The second-order valence-electron chi connectivity index (χ2n) is 8.42. The first kappa shape index (κ1) is 25.1. The van der Waals surface area contributed by atoms with Crippen LogP contribution in [0.3, 0.4) is 0 Å². The fourth-order valence-corrected chi connectivity index (χ4v) is 5.71. The molecule has 180 valence electrons. The van der Waals surface area contributed by atoms with Crippen LogP contribution in [0.25, 0.3) is 0 Å². The zero-order valence-corrected chi connectivity index (χ0v) is 20.2. The molecular weight excluding hydrogens is 445 g/mol. The molecule has 2 aromatic carbocycles. The van der Waals surface area contributed by atoms with Gasteiger partial charge in [0.2, 0.25) is 10.0 Å². The number of rotatable bonds is 8. The van der Waals surface area contributed by atoms with Crippen LogP contribution >= 0.6 is 0 Å². The van der Waals surface area contributed by atoms with E-state index in [1.165, 1.54) is 35.7 Å². The van der Waals surface area contributed by atoms with Gasteiger partial charge in [-0.3, -0.25) is 4.79 Å². The summed E-state index contributed by atoms with van der Waals surface area (Å²) in [7, 11) is 1.38. The summed E-state index contributed by atoms with van der Waals surface area (Å²) in [5.74, 6) is -0.496. The molecule has 3 rings (SSSR count). The first-order chi connectivity index (χ1) is 15.7. The molecule has 1 atom stereocenters. The molecule has 0 saturated carbocycles. The van der Waals surface area contributed by atoms with E-state index < -0.39 is 10.0 Å². The van der Waals surface area contributed by atoms with Crippen molar-refractivity contribution in [1.82, 2.24) is 14.5 Å². The van der Waals surface area contributed by atoms with Gasteiger partial charge in [0.05, 0.1) is 13.2 Å². The average molecular weight is 478 g/mol. The van der Waals surface area contributed by atoms with Crippen LogP contribution in [0.15, 0.2) is 47.4 Å². The summed E-state index contributed by atoms with van der Waals surface area (Å²) in [5.41, 5.74) is 1.10. The fraction of sp³-hybridized carbons (Fsp3) is 0.458. The summed E-state index contributed by atoms with van der Waals surface area (Å²) in [6.45, 7) is 1.20. The quantitative estimate of drug-likeness (QED) is 0.630. The van der Waals surface area contributed by atoms with Crippen LogP contribution in [0.1, 0.15) is 47.6 Å². The average Bonchev–Trinajstić information content (AvgIpc) is 3.10. The summed E-state index contributed by atoms with van der Waals surface area (Å²) in [5, 5.41) is 2.88. The molecule has 1 unspecified atom stereocenters. The number of amides is 1. The van der Waals surface area contributed by atoms with Gasteiger partial charge in [-0.2, -0.15) is 4.31 Å². The van der Waals surface area contributed by atoms with Gasteiger partial charge in [0.15, 0.2) is 0 Å². The molecule has 1 saturated heterocycles. The van der Waals surface area contributed by atoms with Crippen molar-refractivity contribution in [3.8, 4) is 5.75 Å². The molecule has 2 aromatic rings. The van der Waals surface area contributed by atoms with E-state index in [0.717, 1.165) is 31.2 Å². The lowest BCUT2D eigenvalue weighted by atomic mass is 10.1. The summed E-state index contributed by atoms with van der Waals surface area (Å²) in [4.78, 5) is 14.9. The molecule has 0 spiro atoms. The van der Waals surface area contributed by atoms with Gasteiger partial charge in [0.1, 0.15) is 16.5 Å². The van der Waals surface area contributed by atoms with Crippen molar-refractivity contribution < 1.29 is 22.3 Å². The highest BCUT2D eigenvalue weighted by Crippen LogP contribution is 2.29. The van der Waals surface area contributed by atoms with Crippen LogP contribution in [-0.4, -0.2) is 64.4 Å². The molecule has 0 bridgehead atoms. The van der Waals surface area contributed by atoms with Gasteiger partial charge in [0, 0.05) is 25.2 Å². The Morgan fingerprint density at radius 1 is 1.09 bits per heavy atom. The Balaban J connectivity index is 1.81. The molecule has 1 aliphatic heterocycles. The maximum atomic E-state index is 13.3. The van der Waals surface area contributed by atoms with E-state index in [1.54, 1.807) is 18.2 Å². The summed E-state index contributed by atoms with van der Waals surface area (Å²) in [6.07, 6.45) is 3.65. The normalized spacial score (nSPS) is 16.3. The van der Waals surface area contributed by atoms with E-state index in [0.29, 0.717) is 13.1 Å². The molecule has 1 heterocycles. The number of methoxy groups -OCH3 is 1. The second-order valence-corrected chi connectivity index (χ2v) is 10.3. The predicted octanol–water partition coefficient (Wildman–Crippen LogP) is 3.43. The minimum atomic E-state index is -3.79. The van der Waals surface area contributed by atoms with Crippen LogP contribution in [0, 0.1) is 5.82 Å². The fourth-order valence-electron chi connectivity index (χ4n) is 4.02. The van der Waals surface area contributed by atoms with E-state index in [9.17, 15) is 17.6 Å². The van der Waals surface area contributed by atoms with Gasteiger partial charge in [-0.1, -0.05) is 25.0 Å². The third kappa shape index (κ3) is 6.10. The van der Waals surface area contributed by atoms with Gasteiger partial charge < -0.3 is 15.0 Å². The molecule has 0 aromatic heterocycles. The highest BCUT2D eigenvalue weighted by atomic mass is 32.2. The third-order valence-corrected chi connectivity index (χ3v) is 7.86. The molecule has 1 aliphatic rings. The number of carbonyl (C=O) groups excluding carboxylic acids is 1. The van der Waals surface area contributed by atoms with Crippen molar-refractivity contribution in [2.24, 2.45) is 0 Å². The molecule has 9 heteroatoms. The molecule has 7 nitrogen and oxygen atoms in total. The summed E-state index contributed by atoms with van der Waals surface area (Å²) < 4.78 is 46.8. The molecular formula is C24H32FN3O4S. The number of likely N-dealkylation sites (N-methyl/N-ethyl adjacent to an activating group) is 1. The predicted molar refractivity (Wildman–Crippen MR) is 125 cm³/mol. The number of hydrogen-bond donors (Lipinski definition) is 1. The van der Waals surface area contributed by atoms with Gasteiger partial charge in [-0.05, 0) is 62.8 Å². The number of nitrogens with one attached hydrogen (secondary N) is 1. The number of hydrogen-bond acceptors (Lipinski definition) is 5. The Hall–Kier alpha value is -2.49. The standard InChI is InChI=1S/C24H32FN3O4S/c1-27(2)21(18-8-11-20(25)12-9-18)17-26-24(29)19-10-13-22(32-3)23(16-19)33(30,31)28-14-6-4-5-7-15-28/h8-13,16,21H,4-7,14-15,17H2,1-3H3,(H,26,29). The van der Waals surface area contributed by atoms with Crippen LogP contribution in [0.5, 0.6) is 5.75 Å². The van der Waals surface area contributed by atoms with Gasteiger partial charge in [-0.15, -0.1) is 0 Å². The number of ether oxygens (including phenoxy) is 1. The van der Waals surface area contributed by atoms with Gasteiger partial charge >= 0.3 is 0 Å². The van der Waals surface area contributed by atoms with Crippen LogP contribution in [-0.2, 0) is 10.0 Å². The minimum Gasteiger partial charge on any atom is -0.495 e. The lowest BCUT2D eigenvalue weighted by molar-refractivity contribution is 0.0941. The van der Waals surface area contributed by atoms with Crippen LogP contribution in [0.4, 0.5) is 4.39 Å².